The van der Waals surface area contributed by atoms with Gasteiger partial charge in [0.25, 0.3) is 0 Å². The largest absolute Gasteiger partial charge is 0.381 e. The predicted octanol–water partition coefficient (Wildman–Crippen LogP) is 2.06. The summed E-state index contributed by atoms with van der Waals surface area (Å²) in [7, 11) is 3.65. The van der Waals surface area contributed by atoms with Crippen molar-refractivity contribution in [3.8, 4) is 0 Å². The van der Waals surface area contributed by atoms with Crippen LogP contribution in [-0.2, 0) is 16.1 Å². The molecule has 0 unspecified atom stereocenters. The molecule has 4 heteroatoms. The Balaban J connectivity index is 1.82. The minimum Gasteiger partial charge on any atom is -0.381 e. The van der Waals surface area contributed by atoms with Gasteiger partial charge in [-0.2, -0.15) is 0 Å². The highest BCUT2D eigenvalue weighted by Crippen LogP contribution is 2.14. The number of benzene rings is 1. The Morgan fingerprint density at radius 1 is 1.33 bits per heavy atom. The fourth-order valence-corrected chi connectivity index (χ4v) is 2.75. The fraction of sp³-hybridized carbons (Fsp3) is 0.588. The van der Waals surface area contributed by atoms with E-state index < -0.39 is 0 Å². The van der Waals surface area contributed by atoms with Crippen LogP contribution in [0.25, 0.3) is 0 Å². The lowest BCUT2D eigenvalue weighted by atomic mass is 10.1. The number of carbonyl (C=O) groups excluding carboxylic acids is 1. The molecule has 0 bridgehead atoms. The van der Waals surface area contributed by atoms with Crippen molar-refractivity contribution in [2.24, 2.45) is 0 Å². The first-order valence-electron chi connectivity index (χ1n) is 7.63. The molecule has 4 nitrogen and oxygen atoms in total. The van der Waals surface area contributed by atoms with Gasteiger partial charge in [0.1, 0.15) is 0 Å². The highest BCUT2D eigenvalue weighted by atomic mass is 16.5. The average molecular weight is 290 g/mol. The van der Waals surface area contributed by atoms with Crippen LogP contribution in [0.3, 0.4) is 0 Å². The van der Waals surface area contributed by atoms with Gasteiger partial charge in [0.15, 0.2) is 0 Å². The van der Waals surface area contributed by atoms with Crippen LogP contribution in [0.2, 0.25) is 0 Å². The van der Waals surface area contributed by atoms with Crippen LogP contribution in [0.4, 0.5) is 0 Å². The number of piperidine rings is 1. The zero-order valence-electron chi connectivity index (χ0n) is 13.3. The van der Waals surface area contributed by atoms with E-state index in [1.807, 2.05) is 24.1 Å². The molecular weight excluding hydrogens is 264 g/mol. The molecule has 1 aliphatic heterocycles. The minimum atomic E-state index is 0.189. The van der Waals surface area contributed by atoms with Crippen molar-refractivity contribution in [3.05, 3.63) is 35.4 Å². The number of methoxy groups -OCH3 is 1. The van der Waals surface area contributed by atoms with Gasteiger partial charge in [-0.25, -0.2) is 0 Å². The maximum Gasteiger partial charge on any atom is 0.236 e. The molecule has 116 valence electrons. The molecule has 0 atom stereocenters. The predicted molar refractivity (Wildman–Crippen MR) is 84.1 cm³/mol. The van der Waals surface area contributed by atoms with Crippen molar-refractivity contribution in [1.29, 1.82) is 0 Å². The van der Waals surface area contributed by atoms with Crippen LogP contribution in [-0.4, -0.2) is 55.6 Å². The maximum absolute atomic E-state index is 12.3. The number of nitrogens with zero attached hydrogens (tertiary/aromatic N) is 2. The van der Waals surface area contributed by atoms with E-state index >= 15 is 0 Å². The first kappa shape index (κ1) is 16.0. The first-order chi connectivity index (χ1) is 10.1. The van der Waals surface area contributed by atoms with Gasteiger partial charge < -0.3 is 9.64 Å². The molecule has 2 rings (SSSR count). The monoisotopic (exact) mass is 290 g/mol. The van der Waals surface area contributed by atoms with Crippen molar-refractivity contribution in [1.82, 2.24) is 9.80 Å². The molecular formula is C17H26N2O2. The first-order valence-corrected chi connectivity index (χ1v) is 7.63. The fourth-order valence-electron chi connectivity index (χ4n) is 2.75. The SMILES string of the molecule is COC1CCN(CC(=O)N(C)Cc2ccccc2C)CC1. The number of amides is 1. The number of hydrogen-bond acceptors (Lipinski definition) is 3. The van der Waals surface area contributed by atoms with E-state index in [1.54, 1.807) is 7.11 Å². The molecule has 0 aromatic heterocycles. The Bertz CT molecular complexity index is 468. The van der Waals surface area contributed by atoms with E-state index in [4.69, 9.17) is 4.74 Å². The number of likely N-dealkylation sites (tertiary alicyclic amines) is 1. The average Bonchev–Trinajstić information content (AvgIpc) is 2.50. The van der Waals surface area contributed by atoms with Gasteiger partial charge in [-0.05, 0) is 30.9 Å². The summed E-state index contributed by atoms with van der Waals surface area (Å²) >= 11 is 0. The smallest absolute Gasteiger partial charge is 0.236 e. The van der Waals surface area contributed by atoms with Crippen LogP contribution in [0.15, 0.2) is 24.3 Å². The van der Waals surface area contributed by atoms with Gasteiger partial charge in [0, 0.05) is 33.8 Å². The van der Waals surface area contributed by atoms with Crippen LogP contribution >= 0.6 is 0 Å². The quantitative estimate of drug-likeness (QED) is 0.832. The van der Waals surface area contributed by atoms with Crippen LogP contribution in [0.1, 0.15) is 24.0 Å². The molecule has 1 amide bonds. The van der Waals surface area contributed by atoms with Gasteiger partial charge in [-0.3, -0.25) is 9.69 Å². The number of rotatable bonds is 5. The third-order valence-electron chi connectivity index (χ3n) is 4.32. The van der Waals surface area contributed by atoms with Crippen LogP contribution < -0.4 is 0 Å². The Kier molecular flexibility index (Phi) is 5.76. The Morgan fingerprint density at radius 3 is 2.62 bits per heavy atom. The summed E-state index contributed by atoms with van der Waals surface area (Å²) in [5, 5.41) is 0. The van der Waals surface area contributed by atoms with E-state index in [1.165, 1.54) is 11.1 Å². The van der Waals surface area contributed by atoms with Crippen molar-refractivity contribution < 1.29 is 9.53 Å². The van der Waals surface area contributed by atoms with Gasteiger partial charge in [0.2, 0.25) is 5.91 Å². The van der Waals surface area contributed by atoms with Gasteiger partial charge in [0.05, 0.1) is 12.6 Å². The molecule has 0 saturated carbocycles. The molecule has 1 aliphatic rings. The molecule has 1 aromatic carbocycles. The second-order valence-electron chi connectivity index (χ2n) is 5.89. The standard InChI is InChI=1S/C17H26N2O2/c1-14-6-4-5-7-15(14)12-18(2)17(20)13-19-10-8-16(21-3)9-11-19/h4-7,16H,8-13H2,1-3H3. The van der Waals surface area contributed by atoms with Crippen LogP contribution in [0, 0.1) is 6.92 Å². The minimum absolute atomic E-state index is 0.189. The Hall–Kier alpha value is -1.39. The topological polar surface area (TPSA) is 32.8 Å². The van der Waals surface area contributed by atoms with Crippen molar-refractivity contribution >= 4 is 5.91 Å². The summed E-state index contributed by atoms with van der Waals surface area (Å²) < 4.78 is 5.36. The normalized spacial score (nSPS) is 16.9. The molecule has 21 heavy (non-hydrogen) atoms. The summed E-state index contributed by atoms with van der Waals surface area (Å²) in [6, 6.07) is 8.23. The second-order valence-corrected chi connectivity index (χ2v) is 5.89. The molecule has 0 radical (unpaired) electrons. The molecule has 1 fully saturated rings. The summed E-state index contributed by atoms with van der Waals surface area (Å²) in [4.78, 5) is 16.4. The third kappa shape index (κ3) is 4.55. The molecule has 0 aliphatic carbocycles. The summed E-state index contributed by atoms with van der Waals surface area (Å²) in [5.41, 5.74) is 2.45. The lowest BCUT2D eigenvalue weighted by Crippen LogP contribution is -2.43. The highest BCUT2D eigenvalue weighted by Gasteiger charge is 2.21. The maximum atomic E-state index is 12.3. The number of ether oxygens (including phenoxy) is 1. The zero-order chi connectivity index (χ0) is 15.2. The van der Waals surface area contributed by atoms with Crippen molar-refractivity contribution in [2.75, 3.05) is 33.8 Å². The molecule has 1 heterocycles. The van der Waals surface area contributed by atoms with E-state index in [2.05, 4.69) is 24.0 Å². The molecule has 0 spiro atoms. The number of likely N-dealkylation sites (N-methyl/N-ethyl adjacent to an activating group) is 1. The van der Waals surface area contributed by atoms with Gasteiger partial charge in [-0.1, -0.05) is 24.3 Å². The lowest BCUT2D eigenvalue weighted by molar-refractivity contribution is -0.132. The zero-order valence-corrected chi connectivity index (χ0v) is 13.3. The highest BCUT2D eigenvalue weighted by molar-refractivity contribution is 5.78. The summed E-state index contributed by atoms with van der Waals surface area (Å²) in [6.07, 6.45) is 2.40. The lowest BCUT2D eigenvalue weighted by Gasteiger charge is -2.31. The second kappa shape index (κ2) is 7.57. The van der Waals surface area contributed by atoms with Crippen LogP contribution in [0.5, 0.6) is 0 Å². The molecule has 0 N–H and O–H groups in total. The van der Waals surface area contributed by atoms with Crippen molar-refractivity contribution in [2.45, 2.75) is 32.4 Å². The van der Waals surface area contributed by atoms with E-state index in [9.17, 15) is 4.79 Å². The van der Waals surface area contributed by atoms with Gasteiger partial charge >= 0.3 is 0 Å². The number of carbonyl (C=O) groups is 1. The Labute approximate surface area is 127 Å². The van der Waals surface area contributed by atoms with Gasteiger partial charge in [-0.15, -0.1) is 0 Å². The number of aryl methyl sites for hydroxylation is 1. The summed E-state index contributed by atoms with van der Waals surface area (Å²) in [5.74, 6) is 0.189. The molecule has 1 saturated heterocycles. The van der Waals surface area contributed by atoms with Crippen molar-refractivity contribution in [3.63, 3.8) is 0 Å². The van der Waals surface area contributed by atoms with E-state index in [-0.39, 0.29) is 5.91 Å². The summed E-state index contributed by atoms with van der Waals surface area (Å²) in [6.45, 7) is 5.17. The Morgan fingerprint density at radius 2 is 2.00 bits per heavy atom. The number of hydrogen-bond donors (Lipinski definition) is 0. The molecule has 1 aromatic rings. The van der Waals surface area contributed by atoms with E-state index in [0.717, 1.165) is 25.9 Å². The van der Waals surface area contributed by atoms with E-state index in [0.29, 0.717) is 19.2 Å². The third-order valence-corrected chi connectivity index (χ3v) is 4.32.